The minimum atomic E-state index is 0.351. The Bertz CT molecular complexity index is 407. The van der Waals surface area contributed by atoms with Crippen LogP contribution in [-0.4, -0.2) is 37.3 Å². The quantitative estimate of drug-likeness (QED) is 0.794. The van der Waals surface area contributed by atoms with Crippen molar-refractivity contribution < 1.29 is 4.74 Å². The van der Waals surface area contributed by atoms with E-state index in [0.29, 0.717) is 12.1 Å². The monoisotopic (exact) mass is 279 g/mol. The van der Waals surface area contributed by atoms with Gasteiger partial charge >= 0.3 is 0 Å². The van der Waals surface area contributed by atoms with E-state index in [4.69, 9.17) is 4.74 Å². The van der Waals surface area contributed by atoms with Crippen molar-refractivity contribution in [2.45, 2.75) is 53.2 Å². The van der Waals surface area contributed by atoms with E-state index in [-0.39, 0.29) is 0 Å². The molecule has 0 saturated carbocycles. The Hall–Kier alpha value is -1.13. The predicted molar refractivity (Wildman–Crippen MR) is 85.3 cm³/mol. The largest absolute Gasteiger partial charge is 0.383 e. The summed E-state index contributed by atoms with van der Waals surface area (Å²) in [5, 5.41) is 3.47. The second-order valence-electron chi connectivity index (χ2n) is 5.58. The van der Waals surface area contributed by atoms with Gasteiger partial charge in [0, 0.05) is 55.4 Å². The first-order valence-corrected chi connectivity index (χ1v) is 7.44. The van der Waals surface area contributed by atoms with Gasteiger partial charge in [-0.05, 0) is 26.8 Å². The van der Waals surface area contributed by atoms with Crippen molar-refractivity contribution in [3.8, 4) is 0 Å². The molecular weight excluding hydrogens is 250 g/mol. The molecule has 0 fully saturated rings. The van der Waals surface area contributed by atoms with E-state index in [2.05, 4.69) is 49.0 Å². The zero-order valence-electron chi connectivity index (χ0n) is 13.7. The number of hydrogen-bond acceptors (Lipinski definition) is 4. The first kappa shape index (κ1) is 16.9. The number of rotatable bonds is 8. The Labute approximate surface area is 123 Å². The van der Waals surface area contributed by atoms with Gasteiger partial charge in [0.05, 0.1) is 6.61 Å². The highest BCUT2D eigenvalue weighted by molar-refractivity contribution is 5.54. The van der Waals surface area contributed by atoms with E-state index in [1.165, 1.54) is 11.3 Å². The van der Waals surface area contributed by atoms with E-state index in [1.54, 1.807) is 7.11 Å². The molecule has 1 aromatic heterocycles. The summed E-state index contributed by atoms with van der Waals surface area (Å²) >= 11 is 0. The molecule has 0 spiro atoms. The highest BCUT2D eigenvalue weighted by Gasteiger charge is 2.16. The summed E-state index contributed by atoms with van der Waals surface area (Å²) in [6, 6.07) is 2.99. The third-order valence-electron chi connectivity index (χ3n) is 3.39. The van der Waals surface area contributed by atoms with E-state index in [9.17, 15) is 0 Å². The molecule has 4 nitrogen and oxygen atoms in total. The van der Waals surface area contributed by atoms with Gasteiger partial charge in [0.25, 0.3) is 0 Å². The fourth-order valence-corrected chi connectivity index (χ4v) is 2.34. The highest BCUT2D eigenvalue weighted by atomic mass is 16.5. The van der Waals surface area contributed by atoms with Crippen molar-refractivity contribution in [2.75, 3.05) is 25.2 Å². The summed E-state index contributed by atoms with van der Waals surface area (Å²) < 4.78 is 5.30. The topological polar surface area (TPSA) is 37.4 Å². The molecule has 1 aromatic rings. The maximum atomic E-state index is 5.30. The van der Waals surface area contributed by atoms with Crippen molar-refractivity contribution in [1.82, 2.24) is 10.3 Å². The van der Waals surface area contributed by atoms with Gasteiger partial charge in [-0.25, -0.2) is 0 Å². The normalized spacial score (nSPS) is 12.8. The van der Waals surface area contributed by atoms with E-state index in [1.807, 2.05) is 13.1 Å². The fourth-order valence-electron chi connectivity index (χ4n) is 2.34. The molecule has 0 amide bonds. The zero-order chi connectivity index (χ0) is 15.1. The average Bonchev–Trinajstić information content (AvgIpc) is 2.38. The van der Waals surface area contributed by atoms with Crippen LogP contribution in [0.2, 0.25) is 0 Å². The average molecular weight is 279 g/mol. The van der Waals surface area contributed by atoms with Gasteiger partial charge in [-0.1, -0.05) is 13.8 Å². The molecule has 0 radical (unpaired) electrons. The summed E-state index contributed by atoms with van der Waals surface area (Å²) in [4.78, 5) is 6.83. The van der Waals surface area contributed by atoms with Crippen molar-refractivity contribution in [1.29, 1.82) is 0 Å². The molecule has 1 heterocycles. The molecule has 20 heavy (non-hydrogen) atoms. The maximum Gasteiger partial charge on any atom is 0.0663 e. The van der Waals surface area contributed by atoms with E-state index >= 15 is 0 Å². The van der Waals surface area contributed by atoms with Crippen LogP contribution in [0.3, 0.4) is 0 Å². The van der Waals surface area contributed by atoms with E-state index in [0.717, 1.165) is 25.4 Å². The van der Waals surface area contributed by atoms with Crippen LogP contribution < -0.4 is 10.2 Å². The number of nitrogens with zero attached hydrogens (tertiary/aromatic N) is 2. The zero-order valence-corrected chi connectivity index (χ0v) is 13.7. The number of methoxy groups -OCH3 is 1. The lowest BCUT2D eigenvalue weighted by Gasteiger charge is -2.32. The minimum Gasteiger partial charge on any atom is -0.383 e. The Kier molecular flexibility index (Phi) is 6.96. The van der Waals surface area contributed by atoms with Crippen molar-refractivity contribution in [3.63, 3.8) is 0 Å². The molecule has 4 heteroatoms. The van der Waals surface area contributed by atoms with Crippen LogP contribution in [0, 0.1) is 6.92 Å². The Morgan fingerprint density at radius 3 is 2.60 bits per heavy atom. The summed E-state index contributed by atoms with van der Waals surface area (Å²) in [6.45, 7) is 13.3. The Balaban J connectivity index is 3.01. The molecule has 0 aliphatic carbocycles. The predicted octanol–water partition coefficient (Wildman–Crippen LogP) is 2.75. The number of pyridine rings is 1. The van der Waals surface area contributed by atoms with Gasteiger partial charge in [0.15, 0.2) is 0 Å². The second kappa shape index (κ2) is 8.22. The summed E-state index contributed by atoms with van der Waals surface area (Å²) in [5.74, 6) is 0. The minimum absolute atomic E-state index is 0.351. The number of aryl methyl sites for hydroxylation is 1. The molecule has 0 bridgehead atoms. The smallest absolute Gasteiger partial charge is 0.0663 e. The third-order valence-corrected chi connectivity index (χ3v) is 3.39. The molecule has 1 atom stereocenters. The summed E-state index contributed by atoms with van der Waals surface area (Å²) in [6.07, 6.45) is 1.99. The summed E-state index contributed by atoms with van der Waals surface area (Å²) in [5.41, 5.74) is 3.56. The van der Waals surface area contributed by atoms with Crippen LogP contribution in [0.4, 0.5) is 5.69 Å². The lowest BCUT2D eigenvalue weighted by Crippen LogP contribution is -2.37. The van der Waals surface area contributed by atoms with Gasteiger partial charge in [0.1, 0.15) is 0 Å². The third kappa shape index (κ3) is 4.76. The first-order valence-electron chi connectivity index (χ1n) is 7.44. The van der Waals surface area contributed by atoms with Crippen LogP contribution >= 0.6 is 0 Å². The number of nitrogens with one attached hydrogen (secondary N) is 1. The number of likely N-dealkylation sites (N-methyl/N-ethyl adjacent to an activating group) is 1. The van der Waals surface area contributed by atoms with Crippen LogP contribution in [0.1, 0.15) is 39.0 Å². The summed E-state index contributed by atoms with van der Waals surface area (Å²) in [7, 11) is 1.75. The van der Waals surface area contributed by atoms with Crippen LogP contribution in [-0.2, 0) is 11.3 Å². The molecule has 1 unspecified atom stereocenters. The van der Waals surface area contributed by atoms with Crippen LogP contribution in [0.25, 0.3) is 0 Å². The molecule has 1 N–H and O–H groups in total. The van der Waals surface area contributed by atoms with Crippen LogP contribution in [0.15, 0.2) is 12.3 Å². The molecule has 0 saturated heterocycles. The highest BCUT2D eigenvalue weighted by Crippen LogP contribution is 2.23. The molecule has 0 aliphatic heterocycles. The van der Waals surface area contributed by atoms with Gasteiger partial charge in [-0.2, -0.15) is 0 Å². The maximum absolute atomic E-state index is 5.30. The Morgan fingerprint density at radius 1 is 1.35 bits per heavy atom. The number of ether oxygens (including phenoxy) is 1. The van der Waals surface area contributed by atoms with Gasteiger partial charge in [-0.15, -0.1) is 0 Å². The fraction of sp³-hybridized carbons (Fsp3) is 0.688. The van der Waals surface area contributed by atoms with Gasteiger partial charge in [-0.3, -0.25) is 4.98 Å². The molecule has 0 aromatic carbocycles. The molecular formula is C16H29N3O. The van der Waals surface area contributed by atoms with Crippen molar-refractivity contribution in [2.24, 2.45) is 0 Å². The standard InChI is InChI=1S/C16H29N3O/c1-7-19(14(5)11-20-6)16-8-13(4)18-10-15(16)9-17-12(2)3/h8,10,12,14,17H,7,9,11H2,1-6H3. The van der Waals surface area contributed by atoms with Gasteiger partial charge in [0.2, 0.25) is 0 Å². The number of hydrogen-bond donors (Lipinski definition) is 1. The van der Waals surface area contributed by atoms with Crippen LogP contribution in [0.5, 0.6) is 0 Å². The molecule has 0 aliphatic rings. The van der Waals surface area contributed by atoms with Gasteiger partial charge < -0.3 is 15.0 Å². The Morgan fingerprint density at radius 2 is 2.05 bits per heavy atom. The molecule has 114 valence electrons. The lowest BCUT2D eigenvalue weighted by atomic mass is 10.1. The lowest BCUT2D eigenvalue weighted by molar-refractivity contribution is 0.182. The van der Waals surface area contributed by atoms with Crippen molar-refractivity contribution in [3.05, 3.63) is 23.5 Å². The first-order chi connectivity index (χ1) is 9.49. The SMILES string of the molecule is CCN(c1cc(C)ncc1CNC(C)C)C(C)COC. The molecule has 1 rings (SSSR count). The number of anilines is 1. The second-order valence-corrected chi connectivity index (χ2v) is 5.58. The number of aromatic nitrogens is 1. The van der Waals surface area contributed by atoms with Crippen molar-refractivity contribution >= 4 is 5.69 Å². The van der Waals surface area contributed by atoms with E-state index < -0.39 is 0 Å².